The molecule has 3 nitrogen and oxygen atoms in total. The number of anilines is 1. The molecule has 0 saturated heterocycles. The topological polar surface area (TPSA) is 38.3 Å². The van der Waals surface area contributed by atoms with Crippen LogP contribution in [0.25, 0.3) is 0 Å². The molecule has 0 aromatic heterocycles. The SMILES string of the molecule is CCCC(=O)Nc1cc(CC(=S)OCC(C)C)c(Cl)cc1F. The number of thiocarbonyl (C=S) groups is 1. The van der Waals surface area contributed by atoms with Gasteiger partial charge >= 0.3 is 0 Å². The average molecular weight is 346 g/mol. The second-order valence-corrected chi connectivity index (χ2v) is 6.34. The van der Waals surface area contributed by atoms with E-state index < -0.39 is 5.82 Å². The molecule has 1 rings (SSSR count). The van der Waals surface area contributed by atoms with Crippen LogP contribution in [0.3, 0.4) is 0 Å². The maximum atomic E-state index is 13.9. The smallest absolute Gasteiger partial charge is 0.224 e. The molecule has 1 aromatic carbocycles. The zero-order valence-electron chi connectivity index (χ0n) is 13.0. The molecule has 0 heterocycles. The maximum Gasteiger partial charge on any atom is 0.224 e. The van der Waals surface area contributed by atoms with Crippen LogP contribution in [0.2, 0.25) is 5.02 Å². The van der Waals surface area contributed by atoms with Gasteiger partial charge in [0.1, 0.15) is 5.82 Å². The zero-order valence-corrected chi connectivity index (χ0v) is 14.6. The largest absolute Gasteiger partial charge is 0.486 e. The predicted octanol–water partition coefficient (Wildman–Crippen LogP) is 4.76. The molecule has 1 amide bonds. The van der Waals surface area contributed by atoms with Gasteiger partial charge in [0.05, 0.1) is 12.3 Å². The molecule has 0 bridgehead atoms. The fraction of sp³-hybridized carbons (Fsp3) is 0.500. The molecular formula is C16H21ClFNO2S. The van der Waals surface area contributed by atoms with Gasteiger partial charge in [-0.25, -0.2) is 4.39 Å². The number of rotatable bonds is 7. The fourth-order valence-electron chi connectivity index (χ4n) is 1.73. The summed E-state index contributed by atoms with van der Waals surface area (Å²) in [6.45, 7) is 6.45. The number of carbonyl (C=O) groups excluding carboxylic acids is 1. The molecule has 22 heavy (non-hydrogen) atoms. The minimum atomic E-state index is -0.563. The van der Waals surface area contributed by atoms with E-state index >= 15 is 0 Å². The van der Waals surface area contributed by atoms with Gasteiger partial charge in [0.2, 0.25) is 5.91 Å². The summed E-state index contributed by atoms with van der Waals surface area (Å²) in [6.07, 6.45) is 1.34. The van der Waals surface area contributed by atoms with Crippen molar-refractivity contribution in [2.75, 3.05) is 11.9 Å². The first-order valence-corrected chi connectivity index (χ1v) is 8.05. The number of halogens is 2. The lowest BCUT2D eigenvalue weighted by Crippen LogP contribution is -2.14. The number of amides is 1. The molecule has 122 valence electrons. The summed E-state index contributed by atoms with van der Waals surface area (Å²) < 4.78 is 19.3. The van der Waals surface area contributed by atoms with Crippen LogP contribution in [0.4, 0.5) is 10.1 Å². The lowest BCUT2D eigenvalue weighted by atomic mass is 10.1. The van der Waals surface area contributed by atoms with E-state index in [-0.39, 0.29) is 16.6 Å². The predicted molar refractivity (Wildman–Crippen MR) is 92.0 cm³/mol. The molecule has 0 atom stereocenters. The van der Waals surface area contributed by atoms with Gasteiger partial charge in [-0.2, -0.15) is 0 Å². The van der Waals surface area contributed by atoms with E-state index in [0.29, 0.717) is 42.4 Å². The highest BCUT2D eigenvalue weighted by molar-refractivity contribution is 7.80. The first kappa shape index (κ1) is 18.8. The highest BCUT2D eigenvalue weighted by atomic mass is 35.5. The van der Waals surface area contributed by atoms with E-state index in [1.807, 2.05) is 20.8 Å². The Morgan fingerprint density at radius 3 is 2.73 bits per heavy atom. The monoisotopic (exact) mass is 345 g/mol. The Bertz CT molecular complexity index is 549. The van der Waals surface area contributed by atoms with Crippen LogP contribution in [0.15, 0.2) is 12.1 Å². The van der Waals surface area contributed by atoms with Gasteiger partial charge in [-0.05, 0) is 42.3 Å². The maximum absolute atomic E-state index is 13.9. The molecule has 0 unspecified atom stereocenters. The third-order valence-electron chi connectivity index (χ3n) is 2.80. The van der Waals surface area contributed by atoms with Gasteiger partial charge in [0.25, 0.3) is 0 Å². The number of hydrogen-bond acceptors (Lipinski definition) is 3. The van der Waals surface area contributed by atoms with Crippen LogP contribution < -0.4 is 5.32 Å². The summed E-state index contributed by atoms with van der Waals surface area (Å²) in [4.78, 5) is 11.6. The van der Waals surface area contributed by atoms with E-state index in [4.69, 9.17) is 28.6 Å². The molecule has 6 heteroatoms. The summed E-state index contributed by atoms with van der Waals surface area (Å²) in [5.41, 5.74) is 0.744. The third-order valence-corrected chi connectivity index (χ3v) is 3.41. The van der Waals surface area contributed by atoms with Crippen LogP contribution in [0, 0.1) is 11.7 Å². The number of benzene rings is 1. The summed E-state index contributed by atoms with van der Waals surface area (Å²) in [6, 6.07) is 2.69. The Morgan fingerprint density at radius 1 is 1.45 bits per heavy atom. The van der Waals surface area contributed by atoms with Crippen molar-refractivity contribution in [3.63, 3.8) is 0 Å². The second kappa shape index (κ2) is 9.06. The van der Waals surface area contributed by atoms with Crippen LogP contribution in [0.1, 0.15) is 39.2 Å². The first-order chi connectivity index (χ1) is 10.3. The van der Waals surface area contributed by atoms with Crippen molar-refractivity contribution in [1.82, 2.24) is 0 Å². The Morgan fingerprint density at radius 2 is 2.14 bits per heavy atom. The number of hydrogen-bond donors (Lipinski definition) is 1. The third kappa shape index (κ3) is 6.28. The van der Waals surface area contributed by atoms with Gasteiger partial charge in [0, 0.05) is 17.9 Å². The van der Waals surface area contributed by atoms with Gasteiger partial charge in [-0.3, -0.25) is 4.79 Å². The van der Waals surface area contributed by atoms with E-state index in [1.54, 1.807) is 0 Å². The van der Waals surface area contributed by atoms with Crippen LogP contribution in [-0.2, 0) is 16.0 Å². The van der Waals surface area contributed by atoms with Crippen molar-refractivity contribution >= 4 is 40.5 Å². The molecule has 1 N–H and O–H groups in total. The minimum absolute atomic E-state index is 0.115. The van der Waals surface area contributed by atoms with Crippen molar-refractivity contribution in [1.29, 1.82) is 0 Å². The molecule has 1 aromatic rings. The van der Waals surface area contributed by atoms with Crippen molar-refractivity contribution in [2.24, 2.45) is 5.92 Å². The van der Waals surface area contributed by atoms with Crippen LogP contribution in [0.5, 0.6) is 0 Å². The van der Waals surface area contributed by atoms with E-state index in [1.165, 1.54) is 12.1 Å². The standard InChI is InChI=1S/C16H21ClFNO2S/c1-4-5-15(20)19-14-6-11(12(17)8-13(14)18)7-16(22)21-9-10(2)3/h6,8,10H,4-5,7,9H2,1-3H3,(H,19,20). The summed E-state index contributed by atoms with van der Waals surface area (Å²) in [5, 5.41) is 3.21. The molecule has 0 aliphatic carbocycles. The minimum Gasteiger partial charge on any atom is -0.486 e. The lowest BCUT2D eigenvalue weighted by molar-refractivity contribution is -0.116. The van der Waals surface area contributed by atoms with Gasteiger partial charge in [-0.15, -0.1) is 0 Å². The van der Waals surface area contributed by atoms with Crippen molar-refractivity contribution in [2.45, 2.75) is 40.0 Å². The molecule has 0 aliphatic rings. The average Bonchev–Trinajstić information content (AvgIpc) is 2.42. The lowest BCUT2D eigenvalue weighted by Gasteiger charge is -2.13. The van der Waals surface area contributed by atoms with Crippen LogP contribution in [-0.4, -0.2) is 17.6 Å². The van der Waals surface area contributed by atoms with Crippen molar-refractivity contribution in [3.05, 3.63) is 28.5 Å². The second-order valence-electron chi connectivity index (χ2n) is 5.48. The number of nitrogens with one attached hydrogen (secondary N) is 1. The molecular weight excluding hydrogens is 325 g/mol. The highest BCUT2D eigenvalue weighted by Crippen LogP contribution is 2.25. The molecule has 0 spiro atoms. The highest BCUT2D eigenvalue weighted by Gasteiger charge is 2.13. The Kier molecular flexibility index (Phi) is 7.76. The summed E-state index contributed by atoms with van der Waals surface area (Å²) >= 11 is 11.2. The molecule has 0 saturated carbocycles. The zero-order chi connectivity index (χ0) is 16.7. The molecule has 0 radical (unpaired) electrons. The Hall–Kier alpha value is -1.20. The van der Waals surface area contributed by atoms with Gasteiger partial charge in [-0.1, -0.05) is 32.4 Å². The van der Waals surface area contributed by atoms with Crippen molar-refractivity contribution in [3.8, 4) is 0 Å². The summed E-state index contributed by atoms with van der Waals surface area (Å²) in [5.74, 6) is -0.425. The summed E-state index contributed by atoms with van der Waals surface area (Å²) in [7, 11) is 0. The van der Waals surface area contributed by atoms with E-state index in [9.17, 15) is 9.18 Å². The van der Waals surface area contributed by atoms with E-state index in [2.05, 4.69) is 5.32 Å². The van der Waals surface area contributed by atoms with Crippen LogP contribution >= 0.6 is 23.8 Å². The van der Waals surface area contributed by atoms with Crippen molar-refractivity contribution < 1.29 is 13.9 Å². The van der Waals surface area contributed by atoms with Gasteiger partial charge < -0.3 is 10.1 Å². The Labute approximate surface area is 141 Å². The fourth-order valence-corrected chi connectivity index (χ4v) is 2.17. The number of carbonyl (C=O) groups is 1. The molecule has 0 aliphatic heterocycles. The quantitative estimate of drug-likeness (QED) is 0.724. The van der Waals surface area contributed by atoms with Gasteiger partial charge in [0.15, 0.2) is 5.05 Å². The molecule has 0 fully saturated rings. The Balaban J connectivity index is 2.82. The van der Waals surface area contributed by atoms with E-state index in [0.717, 1.165) is 0 Å². The first-order valence-electron chi connectivity index (χ1n) is 7.26. The normalized spacial score (nSPS) is 10.6. The number of ether oxygens (including phenoxy) is 1.